The van der Waals surface area contributed by atoms with E-state index in [1.54, 1.807) is 40.0 Å². The number of benzene rings is 1. The third-order valence-corrected chi connectivity index (χ3v) is 4.39. The third-order valence-electron chi connectivity index (χ3n) is 3.04. The van der Waals surface area contributed by atoms with Gasteiger partial charge in [0.1, 0.15) is 5.75 Å². The van der Waals surface area contributed by atoms with Crippen molar-refractivity contribution in [1.29, 1.82) is 0 Å². The molecule has 0 fully saturated rings. The van der Waals surface area contributed by atoms with Gasteiger partial charge in [0.15, 0.2) is 0 Å². The van der Waals surface area contributed by atoms with Crippen molar-refractivity contribution in [3.63, 3.8) is 0 Å². The Morgan fingerprint density at radius 1 is 1.25 bits per heavy atom. The summed E-state index contributed by atoms with van der Waals surface area (Å²) in [6.07, 6.45) is 0. The van der Waals surface area contributed by atoms with Gasteiger partial charge in [0.25, 0.3) is 10.0 Å². The van der Waals surface area contributed by atoms with Crippen molar-refractivity contribution in [2.45, 2.75) is 25.7 Å². The highest BCUT2D eigenvalue weighted by Gasteiger charge is 2.18. The van der Waals surface area contributed by atoms with Crippen LogP contribution in [0.15, 0.2) is 23.1 Å². The molecule has 0 unspecified atom stereocenters. The Kier molecular flexibility index (Phi) is 3.71. The molecule has 6 nitrogen and oxygen atoms in total. The normalized spacial score (nSPS) is 11.4. The SMILES string of the molecule is COc1ccc(S(=O)(=O)Nc2c(C)n[nH]c2C)cc1C. The lowest BCUT2D eigenvalue weighted by molar-refractivity contribution is 0.411. The Morgan fingerprint density at radius 2 is 1.95 bits per heavy atom. The number of aromatic nitrogens is 2. The number of nitrogens with zero attached hydrogens (tertiary/aromatic N) is 1. The van der Waals surface area contributed by atoms with E-state index in [1.807, 2.05) is 0 Å². The van der Waals surface area contributed by atoms with Gasteiger partial charge >= 0.3 is 0 Å². The van der Waals surface area contributed by atoms with Crippen LogP contribution >= 0.6 is 0 Å². The van der Waals surface area contributed by atoms with E-state index in [9.17, 15) is 8.42 Å². The molecule has 7 heteroatoms. The fraction of sp³-hybridized carbons (Fsp3) is 0.308. The molecule has 0 aliphatic heterocycles. The van der Waals surface area contributed by atoms with E-state index in [0.29, 0.717) is 22.8 Å². The molecule has 0 aliphatic rings. The molecular weight excluding hydrogens is 278 g/mol. The molecular formula is C13H17N3O3S. The largest absolute Gasteiger partial charge is 0.496 e. The maximum atomic E-state index is 12.4. The van der Waals surface area contributed by atoms with E-state index in [4.69, 9.17) is 4.74 Å². The van der Waals surface area contributed by atoms with Crippen molar-refractivity contribution in [1.82, 2.24) is 10.2 Å². The number of sulfonamides is 1. The van der Waals surface area contributed by atoms with Crippen LogP contribution in [0.25, 0.3) is 0 Å². The van der Waals surface area contributed by atoms with Gasteiger partial charge in [0.2, 0.25) is 0 Å². The number of ether oxygens (including phenoxy) is 1. The molecule has 108 valence electrons. The zero-order chi connectivity index (χ0) is 14.9. The second kappa shape index (κ2) is 5.16. The van der Waals surface area contributed by atoms with Gasteiger partial charge in [-0.1, -0.05) is 0 Å². The molecule has 0 aliphatic carbocycles. The van der Waals surface area contributed by atoms with E-state index in [-0.39, 0.29) is 4.90 Å². The van der Waals surface area contributed by atoms with Gasteiger partial charge in [0, 0.05) is 0 Å². The summed E-state index contributed by atoms with van der Waals surface area (Å²) in [6.45, 7) is 5.30. The first-order valence-corrected chi connectivity index (χ1v) is 7.52. The lowest BCUT2D eigenvalue weighted by atomic mass is 10.2. The van der Waals surface area contributed by atoms with Gasteiger partial charge < -0.3 is 4.74 Å². The highest BCUT2D eigenvalue weighted by molar-refractivity contribution is 7.92. The highest BCUT2D eigenvalue weighted by atomic mass is 32.2. The zero-order valence-corrected chi connectivity index (χ0v) is 12.6. The van der Waals surface area contributed by atoms with E-state index in [1.165, 1.54) is 6.07 Å². The second-order valence-corrected chi connectivity index (χ2v) is 6.23. The number of hydrogen-bond donors (Lipinski definition) is 2. The van der Waals surface area contributed by atoms with Gasteiger partial charge in [-0.3, -0.25) is 9.82 Å². The van der Waals surface area contributed by atoms with Crippen molar-refractivity contribution < 1.29 is 13.2 Å². The first-order chi connectivity index (χ1) is 9.35. The topological polar surface area (TPSA) is 84.1 Å². The number of nitrogens with one attached hydrogen (secondary N) is 2. The molecule has 0 radical (unpaired) electrons. The summed E-state index contributed by atoms with van der Waals surface area (Å²) in [5.41, 5.74) is 2.53. The van der Waals surface area contributed by atoms with Crippen LogP contribution in [0.3, 0.4) is 0 Å². The maximum Gasteiger partial charge on any atom is 0.262 e. The zero-order valence-electron chi connectivity index (χ0n) is 11.8. The fourth-order valence-corrected chi connectivity index (χ4v) is 3.18. The predicted octanol–water partition coefficient (Wildman–Crippen LogP) is 2.14. The molecule has 0 atom stereocenters. The van der Waals surface area contributed by atoms with Gasteiger partial charge in [-0.2, -0.15) is 5.10 Å². The molecule has 0 saturated heterocycles. The van der Waals surface area contributed by atoms with Crippen LogP contribution in [0.4, 0.5) is 5.69 Å². The third kappa shape index (κ3) is 2.62. The van der Waals surface area contributed by atoms with E-state index < -0.39 is 10.0 Å². The predicted molar refractivity (Wildman–Crippen MR) is 76.6 cm³/mol. The quantitative estimate of drug-likeness (QED) is 0.905. The number of H-pyrrole nitrogens is 1. The number of rotatable bonds is 4. The Bertz CT molecular complexity index is 716. The van der Waals surface area contributed by atoms with Crippen LogP contribution in [0.2, 0.25) is 0 Å². The van der Waals surface area contributed by atoms with Gasteiger partial charge in [-0.25, -0.2) is 8.42 Å². The monoisotopic (exact) mass is 295 g/mol. The van der Waals surface area contributed by atoms with Crippen molar-refractivity contribution in [3.8, 4) is 5.75 Å². The fourth-order valence-electron chi connectivity index (χ4n) is 1.91. The van der Waals surface area contributed by atoms with Gasteiger partial charge in [-0.15, -0.1) is 0 Å². The number of aryl methyl sites for hydroxylation is 3. The molecule has 0 amide bonds. The Balaban J connectivity index is 2.38. The number of aromatic amines is 1. The lowest BCUT2D eigenvalue weighted by Gasteiger charge is -2.10. The summed E-state index contributed by atoms with van der Waals surface area (Å²) in [6, 6.07) is 4.73. The van der Waals surface area contributed by atoms with E-state index in [0.717, 1.165) is 5.56 Å². The summed E-state index contributed by atoms with van der Waals surface area (Å²) in [5.74, 6) is 0.652. The van der Waals surface area contributed by atoms with Crippen LogP contribution < -0.4 is 9.46 Å². The summed E-state index contributed by atoms with van der Waals surface area (Å²) in [4.78, 5) is 0.191. The van der Waals surface area contributed by atoms with Crippen molar-refractivity contribution in [2.24, 2.45) is 0 Å². The Labute approximate surface area is 118 Å². The summed E-state index contributed by atoms with van der Waals surface area (Å²) in [5, 5.41) is 6.71. The summed E-state index contributed by atoms with van der Waals surface area (Å²) >= 11 is 0. The molecule has 20 heavy (non-hydrogen) atoms. The van der Waals surface area contributed by atoms with Crippen LogP contribution in [0.5, 0.6) is 5.75 Å². The lowest BCUT2D eigenvalue weighted by Crippen LogP contribution is -2.14. The van der Waals surface area contributed by atoms with Crippen molar-refractivity contribution in [2.75, 3.05) is 11.8 Å². The molecule has 1 heterocycles. The molecule has 0 spiro atoms. The Morgan fingerprint density at radius 3 is 2.45 bits per heavy atom. The first-order valence-electron chi connectivity index (χ1n) is 6.04. The smallest absolute Gasteiger partial charge is 0.262 e. The van der Waals surface area contributed by atoms with Crippen molar-refractivity contribution in [3.05, 3.63) is 35.2 Å². The first kappa shape index (κ1) is 14.4. The molecule has 1 aromatic carbocycles. The van der Waals surface area contributed by atoms with Gasteiger partial charge in [-0.05, 0) is 44.5 Å². The molecule has 0 bridgehead atoms. The summed E-state index contributed by atoms with van der Waals surface area (Å²) in [7, 11) is -2.09. The molecule has 2 N–H and O–H groups in total. The van der Waals surface area contributed by atoms with Crippen molar-refractivity contribution >= 4 is 15.7 Å². The van der Waals surface area contributed by atoms with Gasteiger partial charge in [0.05, 0.1) is 29.1 Å². The van der Waals surface area contributed by atoms with E-state index in [2.05, 4.69) is 14.9 Å². The molecule has 2 aromatic rings. The maximum absolute atomic E-state index is 12.4. The Hall–Kier alpha value is -2.02. The van der Waals surface area contributed by atoms with Crippen LogP contribution in [-0.4, -0.2) is 25.7 Å². The minimum atomic E-state index is -3.64. The minimum absolute atomic E-state index is 0.191. The summed E-state index contributed by atoms with van der Waals surface area (Å²) < 4.78 is 32.4. The van der Waals surface area contributed by atoms with Crippen LogP contribution in [0.1, 0.15) is 17.0 Å². The molecule has 1 aromatic heterocycles. The van der Waals surface area contributed by atoms with E-state index >= 15 is 0 Å². The highest BCUT2D eigenvalue weighted by Crippen LogP contribution is 2.25. The molecule has 0 saturated carbocycles. The van der Waals surface area contributed by atoms with Crippen LogP contribution in [0, 0.1) is 20.8 Å². The van der Waals surface area contributed by atoms with Crippen LogP contribution in [-0.2, 0) is 10.0 Å². The average molecular weight is 295 g/mol. The average Bonchev–Trinajstić information content (AvgIpc) is 2.70. The molecule has 2 rings (SSSR count). The number of methoxy groups -OCH3 is 1. The minimum Gasteiger partial charge on any atom is -0.496 e. The number of hydrogen-bond acceptors (Lipinski definition) is 4. The number of anilines is 1. The standard InChI is InChI=1S/C13H17N3O3S/c1-8-7-11(5-6-12(8)19-4)20(17,18)16-13-9(2)14-15-10(13)3/h5-7,16H,1-4H3,(H,14,15). The second-order valence-electron chi connectivity index (χ2n) is 4.55.